The number of unbranched alkanes of at least 4 members (excludes halogenated alkanes) is 7. The molecule has 0 spiro atoms. The van der Waals surface area contributed by atoms with Gasteiger partial charge in [-0.15, -0.1) is 0 Å². The van der Waals surface area contributed by atoms with Crippen LogP contribution in [0.1, 0.15) is 71.6 Å². The Morgan fingerprint density at radius 2 is 1.29 bits per heavy atom. The molecule has 0 saturated heterocycles. The molecular weight excluding hydrogens is 236 g/mol. The van der Waals surface area contributed by atoms with Gasteiger partial charge in [0.1, 0.15) is 0 Å². The van der Waals surface area contributed by atoms with Gasteiger partial charge in [-0.2, -0.15) is 8.42 Å². The molecule has 0 N–H and O–H groups in total. The van der Waals surface area contributed by atoms with E-state index in [1.165, 1.54) is 25.7 Å². The lowest BCUT2D eigenvalue weighted by Crippen LogP contribution is -2.11. The lowest BCUT2D eigenvalue weighted by molar-refractivity contribution is 0.305. The zero-order valence-corrected chi connectivity index (χ0v) is 12.2. The SMILES string of the molecule is CCCCCCCCOS(=O)(=O)CCCCC. The van der Waals surface area contributed by atoms with E-state index in [4.69, 9.17) is 4.18 Å². The van der Waals surface area contributed by atoms with Gasteiger partial charge in [0.2, 0.25) is 0 Å². The van der Waals surface area contributed by atoms with Gasteiger partial charge in [0, 0.05) is 0 Å². The highest BCUT2D eigenvalue weighted by Gasteiger charge is 2.09. The van der Waals surface area contributed by atoms with E-state index >= 15 is 0 Å². The lowest BCUT2D eigenvalue weighted by Gasteiger charge is -2.05. The van der Waals surface area contributed by atoms with Crippen LogP contribution in [0.5, 0.6) is 0 Å². The summed E-state index contributed by atoms with van der Waals surface area (Å²) < 4.78 is 27.8. The monoisotopic (exact) mass is 264 g/mol. The molecule has 0 saturated carbocycles. The first kappa shape index (κ1) is 16.9. The van der Waals surface area contributed by atoms with E-state index in [0.29, 0.717) is 6.61 Å². The summed E-state index contributed by atoms with van der Waals surface area (Å²) in [5.41, 5.74) is 0. The molecule has 0 atom stereocenters. The van der Waals surface area contributed by atoms with Gasteiger partial charge in [0.15, 0.2) is 0 Å². The fraction of sp³-hybridized carbons (Fsp3) is 1.00. The fourth-order valence-electron chi connectivity index (χ4n) is 1.66. The van der Waals surface area contributed by atoms with Gasteiger partial charge in [-0.05, 0) is 12.8 Å². The van der Waals surface area contributed by atoms with Crippen LogP contribution in [0.4, 0.5) is 0 Å². The Balaban J connectivity index is 3.39. The van der Waals surface area contributed by atoms with Gasteiger partial charge in [-0.3, -0.25) is 4.18 Å². The minimum absolute atomic E-state index is 0.177. The van der Waals surface area contributed by atoms with Crippen molar-refractivity contribution in [2.24, 2.45) is 0 Å². The smallest absolute Gasteiger partial charge is 0.267 e. The molecule has 0 amide bonds. The fourth-order valence-corrected chi connectivity index (χ4v) is 2.70. The first-order valence-corrected chi connectivity index (χ1v) is 8.57. The minimum Gasteiger partial charge on any atom is -0.270 e. The van der Waals surface area contributed by atoms with Gasteiger partial charge in [-0.25, -0.2) is 0 Å². The average molecular weight is 264 g/mol. The maximum Gasteiger partial charge on any atom is 0.267 e. The van der Waals surface area contributed by atoms with Crippen molar-refractivity contribution in [1.82, 2.24) is 0 Å². The first-order chi connectivity index (χ1) is 8.12. The highest BCUT2D eigenvalue weighted by molar-refractivity contribution is 7.86. The summed E-state index contributed by atoms with van der Waals surface area (Å²) in [5.74, 6) is 0.177. The maximum absolute atomic E-state index is 11.4. The summed E-state index contributed by atoms with van der Waals surface area (Å²) in [5, 5.41) is 0. The van der Waals surface area contributed by atoms with Crippen molar-refractivity contribution in [3.05, 3.63) is 0 Å². The van der Waals surface area contributed by atoms with Crippen LogP contribution < -0.4 is 0 Å². The van der Waals surface area contributed by atoms with Gasteiger partial charge in [0.05, 0.1) is 12.4 Å². The van der Waals surface area contributed by atoms with Gasteiger partial charge in [-0.1, -0.05) is 58.8 Å². The highest BCUT2D eigenvalue weighted by Crippen LogP contribution is 2.07. The van der Waals surface area contributed by atoms with Crippen molar-refractivity contribution in [2.75, 3.05) is 12.4 Å². The Hall–Kier alpha value is -0.0900. The van der Waals surface area contributed by atoms with Crippen LogP contribution in [0.15, 0.2) is 0 Å². The summed E-state index contributed by atoms with van der Waals surface area (Å²) in [6.07, 6.45) is 9.59. The largest absolute Gasteiger partial charge is 0.270 e. The molecule has 17 heavy (non-hydrogen) atoms. The second kappa shape index (κ2) is 11.0. The molecule has 0 aromatic rings. The third-order valence-electron chi connectivity index (χ3n) is 2.76. The number of hydrogen-bond acceptors (Lipinski definition) is 3. The van der Waals surface area contributed by atoms with E-state index < -0.39 is 10.1 Å². The summed E-state index contributed by atoms with van der Waals surface area (Å²) >= 11 is 0. The third-order valence-corrected chi connectivity index (χ3v) is 4.07. The van der Waals surface area contributed by atoms with Gasteiger partial charge < -0.3 is 0 Å². The van der Waals surface area contributed by atoms with Crippen molar-refractivity contribution in [1.29, 1.82) is 0 Å². The molecule has 0 heterocycles. The van der Waals surface area contributed by atoms with Crippen molar-refractivity contribution in [3.8, 4) is 0 Å². The Labute approximate surface area is 107 Å². The molecule has 0 aromatic carbocycles. The van der Waals surface area contributed by atoms with E-state index in [9.17, 15) is 8.42 Å². The average Bonchev–Trinajstić information content (AvgIpc) is 2.28. The highest BCUT2D eigenvalue weighted by atomic mass is 32.2. The maximum atomic E-state index is 11.4. The van der Waals surface area contributed by atoms with Gasteiger partial charge in [0.25, 0.3) is 10.1 Å². The van der Waals surface area contributed by atoms with Crippen LogP contribution in [-0.2, 0) is 14.3 Å². The third kappa shape index (κ3) is 12.2. The molecule has 0 aromatic heterocycles. The standard InChI is InChI=1S/C13H28O3S/c1-3-5-7-8-9-10-12-16-17(14,15)13-11-6-4-2/h3-13H2,1-2H3. The quantitative estimate of drug-likeness (QED) is 0.397. The molecule has 0 bridgehead atoms. The summed E-state index contributed by atoms with van der Waals surface area (Å²) in [6.45, 7) is 4.61. The van der Waals surface area contributed by atoms with Gasteiger partial charge >= 0.3 is 0 Å². The molecule has 0 radical (unpaired) electrons. The molecule has 0 aliphatic rings. The van der Waals surface area contributed by atoms with Crippen LogP contribution in [0.25, 0.3) is 0 Å². The summed E-state index contributed by atoms with van der Waals surface area (Å²) in [7, 11) is -3.25. The lowest BCUT2D eigenvalue weighted by atomic mass is 10.1. The Morgan fingerprint density at radius 1 is 0.765 bits per heavy atom. The zero-order chi connectivity index (χ0) is 13.0. The first-order valence-electron chi connectivity index (χ1n) is 6.99. The van der Waals surface area contributed by atoms with Crippen LogP contribution in [0, 0.1) is 0 Å². The van der Waals surface area contributed by atoms with Crippen LogP contribution in [0.3, 0.4) is 0 Å². The molecular formula is C13H28O3S. The second-order valence-electron chi connectivity index (χ2n) is 4.56. The molecule has 0 aliphatic heterocycles. The summed E-state index contributed by atoms with van der Waals surface area (Å²) in [6, 6.07) is 0. The Bertz CT molecular complexity index is 247. The van der Waals surface area contributed by atoms with E-state index in [-0.39, 0.29) is 5.75 Å². The molecule has 4 heteroatoms. The second-order valence-corrected chi connectivity index (χ2v) is 6.32. The Kier molecular flexibility index (Phi) is 11.0. The number of hydrogen-bond donors (Lipinski definition) is 0. The van der Waals surface area contributed by atoms with E-state index in [1.807, 2.05) is 0 Å². The van der Waals surface area contributed by atoms with Crippen molar-refractivity contribution in [2.45, 2.75) is 71.6 Å². The van der Waals surface area contributed by atoms with Crippen LogP contribution in [-0.4, -0.2) is 20.8 Å². The molecule has 104 valence electrons. The predicted molar refractivity (Wildman–Crippen MR) is 72.6 cm³/mol. The van der Waals surface area contributed by atoms with E-state index in [2.05, 4.69) is 13.8 Å². The van der Waals surface area contributed by atoms with E-state index in [0.717, 1.165) is 32.1 Å². The van der Waals surface area contributed by atoms with E-state index in [1.54, 1.807) is 0 Å². The molecule has 0 rings (SSSR count). The van der Waals surface area contributed by atoms with Crippen molar-refractivity contribution in [3.63, 3.8) is 0 Å². The zero-order valence-electron chi connectivity index (χ0n) is 11.4. The van der Waals surface area contributed by atoms with Crippen molar-refractivity contribution < 1.29 is 12.6 Å². The minimum atomic E-state index is -3.25. The molecule has 0 unspecified atom stereocenters. The topological polar surface area (TPSA) is 43.4 Å². The van der Waals surface area contributed by atoms with Crippen LogP contribution >= 0.6 is 0 Å². The normalized spacial score (nSPS) is 11.9. The number of rotatable bonds is 12. The summed E-state index contributed by atoms with van der Waals surface area (Å²) in [4.78, 5) is 0. The Morgan fingerprint density at radius 3 is 1.94 bits per heavy atom. The predicted octanol–water partition coefficient (Wildman–Crippen LogP) is 3.88. The molecule has 0 aliphatic carbocycles. The molecule has 0 fully saturated rings. The van der Waals surface area contributed by atoms with Crippen molar-refractivity contribution >= 4 is 10.1 Å². The molecule has 3 nitrogen and oxygen atoms in total. The van der Waals surface area contributed by atoms with Crippen LogP contribution in [0.2, 0.25) is 0 Å².